The topological polar surface area (TPSA) is 13.0 Å². The Morgan fingerprint density at radius 1 is 0.469 bits per heavy atom. The summed E-state index contributed by atoms with van der Waals surface area (Å²) in [6.45, 7) is -2.50. The van der Waals surface area contributed by atoms with Crippen molar-refractivity contribution in [2.45, 2.75) is 0 Å². The number of anilines is 3. The summed E-state index contributed by atoms with van der Waals surface area (Å²) in [6, 6.07) is 55.7. The van der Waals surface area contributed by atoms with Gasteiger partial charge in [0.15, 0.2) is 0 Å². The molecule has 3 aliphatic heterocycles. The zero-order chi connectivity index (χ0) is 35.2. The number of rotatable bonds is 4. The van der Waals surface area contributed by atoms with Crippen LogP contribution in [0.1, 0.15) is 4.11 Å². The standard InChI is InChI=1S/C43H33BN4.Pt/c1-45-26-27-46(32-45)39-22-11-18-36(30-39)44(37-19-12-23-40(31-37)48-29-28-47(33-48)38-20-9-4-10-21-38)43-41(34-14-5-2-6-15-34)24-13-25-42(43)35-16-7-3-8-17-35;/h2-31H,1H3;/i1D3;. The third-order valence-electron chi connectivity index (χ3n) is 9.17. The second-order valence-corrected chi connectivity index (χ2v) is 14.7. The maximum atomic E-state index is 8.55. The van der Waals surface area contributed by atoms with Gasteiger partial charge < -0.3 is 0 Å². The van der Waals surface area contributed by atoms with E-state index in [4.69, 9.17) is 4.11 Å². The van der Waals surface area contributed by atoms with Gasteiger partial charge in [0.1, 0.15) is 0 Å². The van der Waals surface area contributed by atoms with Crippen LogP contribution in [0.15, 0.2) is 183 Å². The van der Waals surface area contributed by atoms with Crippen LogP contribution in [0.3, 0.4) is 0 Å². The van der Waals surface area contributed by atoms with Gasteiger partial charge in [-0.05, 0) is 0 Å². The van der Waals surface area contributed by atoms with Crippen LogP contribution in [0, 0.1) is 0 Å². The number of benzene rings is 6. The van der Waals surface area contributed by atoms with Gasteiger partial charge in [-0.3, -0.25) is 0 Å². The van der Waals surface area contributed by atoms with Gasteiger partial charge in [0.25, 0.3) is 0 Å². The molecule has 4 nitrogen and oxygen atoms in total. The Morgan fingerprint density at radius 2 is 0.939 bits per heavy atom. The molecule has 0 N–H and O–H groups in total. The van der Waals surface area contributed by atoms with Crippen molar-refractivity contribution in [2.75, 3.05) is 21.7 Å². The molecule has 0 atom stereocenters. The summed E-state index contributed by atoms with van der Waals surface area (Å²) in [5, 5.41) is 0. The number of hydrogen-bond donors (Lipinski definition) is 0. The molecule has 49 heavy (non-hydrogen) atoms. The molecule has 0 saturated heterocycles. The third-order valence-corrected chi connectivity index (χ3v) is 12.4. The second-order valence-electron chi connectivity index (χ2n) is 12.1. The molecule has 0 spiro atoms. The molecule has 0 fully saturated rings. The molecule has 0 amide bonds. The Balaban J connectivity index is 1.35. The van der Waals surface area contributed by atoms with E-state index in [2.05, 4.69) is 167 Å². The van der Waals surface area contributed by atoms with Gasteiger partial charge in [-0.25, -0.2) is 0 Å². The van der Waals surface area contributed by atoms with Crippen LogP contribution in [-0.2, 0) is 17.6 Å². The van der Waals surface area contributed by atoms with Crippen molar-refractivity contribution in [2.24, 2.45) is 0 Å². The van der Waals surface area contributed by atoms with Gasteiger partial charge in [0.2, 0.25) is 0 Å². The van der Waals surface area contributed by atoms with Crippen LogP contribution in [0.4, 0.5) is 17.1 Å². The van der Waals surface area contributed by atoms with Gasteiger partial charge in [-0.15, -0.1) is 0 Å². The monoisotopic (exact) mass is 814 g/mol. The molecule has 0 unspecified atom stereocenters. The fourth-order valence-corrected chi connectivity index (χ4v) is 10.0. The third kappa shape index (κ3) is 5.32. The van der Waals surface area contributed by atoms with E-state index in [1.54, 1.807) is 6.20 Å². The Morgan fingerprint density at radius 3 is 1.51 bits per heavy atom. The minimum absolute atomic E-state index is 0.158. The number of fused-ring (bicyclic) bond motifs is 8. The Kier molecular flexibility index (Phi) is 6.75. The summed E-state index contributed by atoms with van der Waals surface area (Å²) in [5.41, 5.74) is 11.2. The van der Waals surface area contributed by atoms with Crippen LogP contribution < -0.4 is 31.1 Å². The summed E-state index contributed by atoms with van der Waals surface area (Å²) in [5.74, 6) is 0. The van der Waals surface area contributed by atoms with E-state index in [1.807, 2.05) is 24.4 Å². The molecular formula is C43H33BN4Pt. The van der Waals surface area contributed by atoms with Crippen LogP contribution in [-0.4, -0.2) is 26.9 Å². The Labute approximate surface area is 300 Å². The molecule has 0 saturated carbocycles. The predicted molar refractivity (Wildman–Crippen MR) is 205 cm³/mol. The van der Waals surface area contributed by atoms with Gasteiger partial charge >= 0.3 is 302 Å². The van der Waals surface area contributed by atoms with E-state index in [-0.39, 0.29) is 6.71 Å². The van der Waals surface area contributed by atoms with Gasteiger partial charge in [-0.2, -0.15) is 0 Å². The van der Waals surface area contributed by atoms with Crippen LogP contribution in [0.5, 0.6) is 0 Å². The molecule has 9 rings (SSSR count). The quantitative estimate of drug-likeness (QED) is 0.181. The average Bonchev–Trinajstić information content (AvgIpc) is 3.81. The summed E-state index contributed by atoms with van der Waals surface area (Å²) in [4.78, 5) is 8.03. The van der Waals surface area contributed by atoms with Crippen molar-refractivity contribution in [1.82, 2.24) is 4.90 Å². The van der Waals surface area contributed by atoms with Crippen molar-refractivity contribution in [1.29, 1.82) is 0 Å². The molecule has 6 aromatic rings. The molecule has 0 aromatic heterocycles. The minimum atomic E-state index is -2.34. The number of nitrogens with zero attached hydrogens (tertiary/aromatic N) is 4. The average molecular weight is 815 g/mol. The maximum absolute atomic E-state index is 8.55. The van der Waals surface area contributed by atoms with Crippen LogP contribution >= 0.6 is 0 Å². The zero-order valence-corrected chi connectivity index (χ0v) is 28.8. The molecule has 0 aliphatic carbocycles. The summed E-state index contributed by atoms with van der Waals surface area (Å²) in [7, 11) is 0. The van der Waals surface area contributed by atoms with Gasteiger partial charge in [0, 0.05) is 0 Å². The molecular weight excluding hydrogens is 778 g/mol. The molecule has 6 heteroatoms. The molecule has 6 aromatic carbocycles. The van der Waals surface area contributed by atoms with Gasteiger partial charge in [-0.1, -0.05) is 0 Å². The van der Waals surface area contributed by atoms with E-state index in [0.717, 1.165) is 41.9 Å². The number of para-hydroxylation sites is 1. The van der Waals surface area contributed by atoms with E-state index in [9.17, 15) is 0 Å². The molecule has 0 radical (unpaired) electrons. The van der Waals surface area contributed by atoms with Crippen molar-refractivity contribution in [3.8, 4) is 22.3 Å². The van der Waals surface area contributed by atoms with Crippen molar-refractivity contribution in [3.63, 3.8) is 0 Å². The van der Waals surface area contributed by atoms with Crippen LogP contribution in [0.25, 0.3) is 22.3 Å². The fraction of sp³-hybridized carbons (Fsp3) is 0.0233. The first kappa shape index (κ1) is 26.4. The Bertz CT molecular complexity index is 2370. The Hall–Kier alpha value is -5.51. The number of hydrogen-bond acceptors (Lipinski definition) is 4. The first-order valence-electron chi connectivity index (χ1n) is 17.8. The van der Waals surface area contributed by atoms with E-state index in [0.29, 0.717) is 0 Å². The SMILES string of the molecule is [2H]C([2H])([2H])N1C=CN2[C]1=[Pt]=[C]1N(c3ccccc3)C=CN1c1cccc(c1)B(c1c(-c3ccccc3)cccc1-c1ccccc1)c1cccc2c1. The fourth-order valence-electron chi connectivity index (χ4n) is 6.93. The summed E-state index contributed by atoms with van der Waals surface area (Å²) in [6.07, 6.45) is 7.83. The zero-order valence-electron chi connectivity index (χ0n) is 29.5. The van der Waals surface area contributed by atoms with Crippen molar-refractivity contribution >= 4 is 48.5 Å². The molecule has 3 heterocycles. The van der Waals surface area contributed by atoms with Crippen molar-refractivity contribution in [3.05, 3.63) is 183 Å². The second kappa shape index (κ2) is 12.5. The van der Waals surface area contributed by atoms with Gasteiger partial charge in [0.05, 0.1) is 0 Å². The molecule has 4 bridgehead atoms. The normalized spacial score (nSPS) is 16.2. The van der Waals surface area contributed by atoms with Crippen molar-refractivity contribution < 1.29 is 21.8 Å². The predicted octanol–water partition coefficient (Wildman–Crippen LogP) is 6.83. The summed E-state index contributed by atoms with van der Waals surface area (Å²) >= 11 is -1.07. The first-order chi connectivity index (χ1) is 25.4. The van der Waals surface area contributed by atoms with E-state index < -0.39 is 24.6 Å². The molecule has 3 aliphatic rings. The summed E-state index contributed by atoms with van der Waals surface area (Å²) < 4.78 is 27.5. The first-order valence-corrected chi connectivity index (χ1v) is 18.6. The molecule has 238 valence electrons. The van der Waals surface area contributed by atoms with Crippen LogP contribution in [0.2, 0.25) is 0 Å². The van der Waals surface area contributed by atoms with E-state index in [1.165, 1.54) is 27.0 Å². The van der Waals surface area contributed by atoms with E-state index >= 15 is 0 Å².